The molecule has 0 heterocycles. The first-order valence-corrected chi connectivity index (χ1v) is 4.02. The first kappa shape index (κ1) is 10.5. The third-order valence-electron chi connectivity index (χ3n) is 1.75. The summed E-state index contributed by atoms with van der Waals surface area (Å²) in [4.78, 5) is 11.2. The van der Waals surface area contributed by atoms with Gasteiger partial charge in [0.15, 0.2) is 6.61 Å². The lowest BCUT2D eigenvalue weighted by Crippen LogP contribution is -2.32. The second-order valence-corrected chi connectivity index (χ2v) is 2.72. The maximum Gasteiger partial charge on any atom is 0.337 e. The molecule has 0 saturated carbocycles. The minimum Gasteiger partial charge on any atom is -0.449 e. The molecule has 0 bridgehead atoms. The summed E-state index contributed by atoms with van der Waals surface area (Å²) in [7, 11) is 0. The van der Waals surface area contributed by atoms with Crippen LogP contribution in [0.3, 0.4) is 0 Å². The fraction of sp³-hybridized carbons (Fsp3) is 0.300. The number of aliphatic hydroxyl groups is 2. The average molecular weight is 194 g/mol. The molecule has 4 heteroatoms. The Bertz CT molecular complexity index is 322. The molecular formula is C10H10O4. The number of ether oxygens (including phenoxy) is 1. The highest BCUT2D eigenvalue weighted by Gasteiger charge is 2.26. The predicted molar refractivity (Wildman–Crippen MR) is 49.0 cm³/mol. The van der Waals surface area contributed by atoms with Crippen LogP contribution >= 0.6 is 0 Å². The van der Waals surface area contributed by atoms with Crippen LogP contribution in [0.15, 0.2) is 23.8 Å². The summed E-state index contributed by atoms with van der Waals surface area (Å²) in [6, 6.07) is 0. The van der Waals surface area contributed by atoms with Gasteiger partial charge in [-0.1, -0.05) is 18.1 Å². The van der Waals surface area contributed by atoms with Crippen molar-refractivity contribution in [1.82, 2.24) is 0 Å². The van der Waals surface area contributed by atoms with Crippen LogP contribution in [0.25, 0.3) is 0 Å². The van der Waals surface area contributed by atoms with Crippen LogP contribution in [0.2, 0.25) is 0 Å². The van der Waals surface area contributed by atoms with E-state index in [0.717, 1.165) is 0 Å². The Kier molecular flexibility index (Phi) is 3.46. The van der Waals surface area contributed by atoms with Gasteiger partial charge >= 0.3 is 5.97 Å². The molecule has 1 aliphatic carbocycles. The summed E-state index contributed by atoms with van der Waals surface area (Å²) in [5, 5.41) is 18.6. The lowest BCUT2D eigenvalue weighted by Gasteiger charge is -2.19. The first-order chi connectivity index (χ1) is 6.66. The number of allylic oxidation sites excluding steroid dienone is 2. The molecule has 2 atom stereocenters. The zero-order chi connectivity index (χ0) is 10.6. The summed E-state index contributed by atoms with van der Waals surface area (Å²) in [5.74, 6) is 1.42. The van der Waals surface area contributed by atoms with E-state index >= 15 is 0 Å². The Morgan fingerprint density at radius 3 is 3.00 bits per heavy atom. The van der Waals surface area contributed by atoms with Crippen LogP contribution in [-0.2, 0) is 9.53 Å². The molecule has 0 amide bonds. The van der Waals surface area contributed by atoms with E-state index in [2.05, 4.69) is 10.7 Å². The summed E-state index contributed by atoms with van der Waals surface area (Å²) in [6.07, 6.45) is 6.81. The molecule has 0 fully saturated rings. The van der Waals surface area contributed by atoms with E-state index in [1.807, 2.05) is 0 Å². The number of rotatable bonds is 2. The molecule has 0 saturated heterocycles. The van der Waals surface area contributed by atoms with E-state index in [-0.39, 0.29) is 12.2 Å². The fourth-order valence-electron chi connectivity index (χ4n) is 1.04. The third-order valence-corrected chi connectivity index (χ3v) is 1.75. The van der Waals surface area contributed by atoms with Gasteiger partial charge < -0.3 is 14.9 Å². The molecule has 0 aromatic heterocycles. The molecule has 0 aliphatic heterocycles. The van der Waals surface area contributed by atoms with Crippen LogP contribution in [0, 0.1) is 12.3 Å². The van der Waals surface area contributed by atoms with Crippen molar-refractivity contribution in [3.05, 3.63) is 23.8 Å². The zero-order valence-electron chi connectivity index (χ0n) is 7.38. The molecule has 0 spiro atoms. The maximum atomic E-state index is 11.2. The van der Waals surface area contributed by atoms with Gasteiger partial charge in [0.2, 0.25) is 0 Å². The highest BCUT2D eigenvalue weighted by Crippen LogP contribution is 2.14. The van der Waals surface area contributed by atoms with Crippen LogP contribution < -0.4 is 0 Å². The van der Waals surface area contributed by atoms with E-state index in [1.165, 1.54) is 18.2 Å². The van der Waals surface area contributed by atoms with E-state index in [4.69, 9.17) is 6.42 Å². The molecular weight excluding hydrogens is 184 g/mol. The molecule has 1 rings (SSSR count). The van der Waals surface area contributed by atoms with Gasteiger partial charge in [-0.25, -0.2) is 4.79 Å². The molecule has 0 radical (unpaired) electrons. The summed E-state index contributed by atoms with van der Waals surface area (Å²) < 4.78 is 4.60. The molecule has 2 N–H and O–H groups in total. The Labute approximate surface area is 81.5 Å². The van der Waals surface area contributed by atoms with E-state index in [9.17, 15) is 15.0 Å². The normalized spacial score (nSPS) is 25.1. The average Bonchev–Trinajstić information content (AvgIpc) is 2.18. The van der Waals surface area contributed by atoms with Crippen molar-refractivity contribution in [2.24, 2.45) is 0 Å². The lowest BCUT2D eigenvalue weighted by molar-refractivity contribution is -0.139. The van der Waals surface area contributed by atoms with Gasteiger partial charge in [-0.05, 0) is 6.08 Å². The topological polar surface area (TPSA) is 66.8 Å². The number of carbonyl (C=O) groups is 1. The highest BCUT2D eigenvalue weighted by molar-refractivity contribution is 5.90. The first-order valence-electron chi connectivity index (χ1n) is 4.02. The zero-order valence-corrected chi connectivity index (χ0v) is 7.38. The van der Waals surface area contributed by atoms with Crippen molar-refractivity contribution in [2.45, 2.75) is 12.2 Å². The van der Waals surface area contributed by atoms with Crippen molar-refractivity contribution in [3.8, 4) is 12.3 Å². The second-order valence-electron chi connectivity index (χ2n) is 2.72. The largest absolute Gasteiger partial charge is 0.449 e. The lowest BCUT2D eigenvalue weighted by atomic mass is 9.99. The molecule has 4 nitrogen and oxygen atoms in total. The van der Waals surface area contributed by atoms with Crippen molar-refractivity contribution in [2.75, 3.05) is 6.61 Å². The van der Waals surface area contributed by atoms with Crippen molar-refractivity contribution >= 4 is 5.97 Å². The van der Waals surface area contributed by atoms with Gasteiger partial charge in [-0.15, -0.1) is 6.42 Å². The van der Waals surface area contributed by atoms with Crippen molar-refractivity contribution in [3.63, 3.8) is 0 Å². The SMILES string of the molecule is C#CCOC(=O)C1=CC=C[C@H](O)[C@@H]1O. The van der Waals surface area contributed by atoms with Crippen LogP contribution in [-0.4, -0.2) is 35.0 Å². The van der Waals surface area contributed by atoms with E-state index in [1.54, 1.807) is 0 Å². The summed E-state index contributed by atoms with van der Waals surface area (Å²) in [5.41, 5.74) is 0.00949. The number of terminal acetylenes is 1. The Morgan fingerprint density at radius 1 is 1.64 bits per heavy atom. The summed E-state index contributed by atoms with van der Waals surface area (Å²) >= 11 is 0. The van der Waals surface area contributed by atoms with Crippen LogP contribution in [0.5, 0.6) is 0 Å². The Balaban J connectivity index is 2.68. The smallest absolute Gasteiger partial charge is 0.337 e. The molecule has 74 valence electrons. The number of aliphatic hydroxyl groups excluding tert-OH is 2. The monoisotopic (exact) mass is 194 g/mol. The van der Waals surface area contributed by atoms with Gasteiger partial charge in [0.25, 0.3) is 0 Å². The van der Waals surface area contributed by atoms with Crippen molar-refractivity contribution in [1.29, 1.82) is 0 Å². The number of esters is 1. The molecule has 14 heavy (non-hydrogen) atoms. The summed E-state index contributed by atoms with van der Waals surface area (Å²) in [6.45, 7) is -0.150. The number of hydrogen-bond acceptors (Lipinski definition) is 4. The number of hydrogen-bond donors (Lipinski definition) is 2. The minimum absolute atomic E-state index is 0.00949. The highest BCUT2D eigenvalue weighted by atomic mass is 16.5. The molecule has 1 aliphatic rings. The van der Waals surface area contributed by atoms with Gasteiger partial charge in [-0.2, -0.15) is 0 Å². The van der Waals surface area contributed by atoms with Gasteiger partial charge in [0.1, 0.15) is 12.2 Å². The molecule has 0 aromatic rings. The fourth-order valence-corrected chi connectivity index (χ4v) is 1.04. The van der Waals surface area contributed by atoms with E-state index < -0.39 is 18.2 Å². The maximum absolute atomic E-state index is 11.2. The van der Waals surface area contributed by atoms with Gasteiger partial charge in [0, 0.05) is 0 Å². The van der Waals surface area contributed by atoms with Gasteiger partial charge in [-0.3, -0.25) is 0 Å². The van der Waals surface area contributed by atoms with Crippen LogP contribution in [0.4, 0.5) is 0 Å². The minimum atomic E-state index is -1.25. The molecule has 0 unspecified atom stereocenters. The second kappa shape index (κ2) is 4.61. The quantitative estimate of drug-likeness (QED) is 0.454. The molecule has 0 aromatic carbocycles. The Hall–Kier alpha value is -1.57. The Morgan fingerprint density at radius 2 is 2.36 bits per heavy atom. The third kappa shape index (κ3) is 2.22. The van der Waals surface area contributed by atoms with Crippen molar-refractivity contribution < 1.29 is 19.7 Å². The standard InChI is InChI=1S/C10H10O4/c1-2-6-14-10(13)7-4-3-5-8(11)9(7)12/h1,3-5,8-9,11-12H,6H2/t8-,9+/m0/s1. The number of carbonyl (C=O) groups excluding carboxylic acids is 1. The van der Waals surface area contributed by atoms with E-state index in [0.29, 0.717) is 0 Å². The predicted octanol–water partition coefficient (Wildman–Crippen LogP) is -0.619. The van der Waals surface area contributed by atoms with Crippen LogP contribution in [0.1, 0.15) is 0 Å². The van der Waals surface area contributed by atoms with Gasteiger partial charge in [0.05, 0.1) is 5.57 Å².